The second-order valence-electron chi connectivity index (χ2n) is 6.19. The molecule has 2 atom stereocenters. The number of nitrogens with zero attached hydrogens (tertiary/aromatic N) is 3. The molecule has 2 amide bonds. The summed E-state index contributed by atoms with van der Waals surface area (Å²) in [6.45, 7) is 3.31. The predicted molar refractivity (Wildman–Crippen MR) is 84.7 cm³/mol. The number of likely N-dealkylation sites (N-methyl/N-ethyl adjacent to an activating group) is 1. The zero-order chi connectivity index (χ0) is 17.2. The number of piperazine rings is 1. The molecule has 23 heavy (non-hydrogen) atoms. The van der Waals surface area contributed by atoms with Crippen molar-refractivity contribution in [3.05, 3.63) is 0 Å². The highest BCUT2D eigenvalue weighted by Gasteiger charge is 2.48. The number of carbonyl (C=O) groups excluding carboxylic acids is 2. The molecule has 0 bridgehead atoms. The fourth-order valence-corrected chi connectivity index (χ4v) is 5.13. The van der Waals surface area contributed by atoms with Crippen LogP contribution in [0, 0.1) is 0 Å². The lowest BCUT2D eigenvalue weighted by molar-refractivity contribution is -0.142. The second-order valence-corrected chi connectivity index (χ2v) is 8.35. The zero-order valence-electron chi connectivity index (χ0n) is 13.9. The first-order chi connectivity index (χ1) is 10.7. The Kier molecular flexibility index (Phi) is 5.64. The van der Waals surface area contributed by atoms with Crippen LogP contribution in [0.3, 0.4) is 0 Å². The average molecular weight is 347 g/mol. The molecular weight excluding hydrogens is 322 g/mol. The lowest BCUT2D eigenvalue weighted by atomic mass is 10.0. The van der Waals surface area contributed by atoms with Gasteiger partial charge in [-0.1, -0.05) is 0 Å². The Balaban J connectivity index is 2.13. The van der Waals surface area contributed by atoms with Crippen LogP contribution in [-0.4, -0.2) is 105 Å². The Hall–Kier alpha value is -1.19. The lowest BCUT2D eigenvalue weighted by Crippen LogP contribution is -2.62. The van der Waals surface area contributed by atoms with Crippen molar-refractivity contribution in [1.29, 1.82) is 0 Å². The van der Waals surface area contributed by atoms with E-state index in [2.05, 4.69) is 0 Å². The van der Waals surface area contributed by atoms with Crippen LogP contribution in [0.2, 0.25) is 0 Å². The van der Waals surface area contributed by atoms with Gasteiger partial charge in [-0.05, 0) is 6.92 Å². The van der Waals surface area contributed by atoms with Crippen molar-refractivity contribution >= 4 is 21.7 Å². The largest absolute Gasteiger partial charge is 0.372 e. The molecule has 0 radical (unpaired) electrons. The molecule has 2 heterocycles. The third-order valence-electron chi connectivity index (χ3n) is 4.38. The van der Waals surface area contributed by atoms with Crippen LogP contribution in [0.1, 0.15) is 6.92 Å². The van der Waals surface area contributed by atoms with E-state index in [4.69, 9.17) is 4.74 Å². The third kappa shape index (κ3) is 4.21. The van der Waals surface area contributed by atoms with Gasteiger partial charge < -0.3 is 14.5 Å². The van der Waals surface area contributed by atoms with Crippen molar-refractivity contribution in [3.8, 4) is 0 Å². The highest BCUT2D eigenvalue weighted by molar-refractivity contribution is 7.91. The van der Waals surface area contributed by atoms with Gasteiger partial charge in [-0.3, -0.25) is 14.5 Å². The summed E-state index contributed by atoms with van der Waals surface area (Å²) in [5.41, 5.74) is 0. The Morgan fingerprint density at radius 2 is 1.83 bits per heavy atom. The van der Waals surface area contributed by atoms with Gasteiger partial charge in [0.05, 0.1) is 24.1 Å². The van der Waals surface area contributed by atoms with Gasteiger partial charge in [0.15, 0.2) is 9.84 Å². The summed E-state index contributed by atoms with van der Waals surface area (Å²) < 4.78 is 29.3. The molecule has 2 aliphatic rings. The van der Waals surface area contributed by atoms with Crippen molar-refractivity contribution in [3.63, 3.8) is 0 Å². The smallest absolute Gasteiger partial charge is 0.248 e. The lowest BCUT2D eigenvalue weighted by Gasteiger charge is -2.43. The van der Waals surface area contributed by atoms with E-state index in [9.17, 15) is 18.0 Å². The molecule has 2 saturated heterocycles. The Morgan fingerprint density at radius 3 is 2.43 bits per heavy atom. The molecule has 2 fully saturated rings. The van der Waals surface area contributed by atoms with Gasteiger partial charge in [-0.2, -0.15) is 0 Å². The number of hydrogen-bond acceptors (Lipinski definition) is 6. The number of hydrogen-bond donors (Lipinski definition) is 0. The average Bonchev–Trinajstić information content (AvgIpc) is 2.80. The van der Waals surface area contributed by atoms with E-state index in [1.807, 2.05) is 4.90 Å². The van der Waals surface area contributed by atoms with Crippen LogP contribution in [0.15, 0.2) is 0 Å². The zero-order valence-corrected chi connectivity index (χ0v) is 14.7. The summed E-state index contributed by atoms with van der Waals surface area (Å²) in [6, 6.07) is -0.708. The van der Waals surface area contributed by atoms with E-state index in [0.29, 0.717) is 19.7 Å². The van der Waals surface area contributed by atoms with E-state index < -0.39 is 15.9 Å². The highest BCUT2D eigenvalue weighted by Crippen LogP contribution is 2.27. The Labute approximate surface area is 137 Å². The summed E-state index contributed by atoms with van der Waals surface area (Å²) in [4.78, 5) is 29.2. The van der Waals surface area contributed by atoms with E-state index >= 15 is 0 Å². The van der Waals surface area contributed by atoms with Gasteiger partial charge in [0.2, 0.25) is 11.8 Å². The van der Waals surface area contributed by atoms with Crippen LogP contribution >= 0.6 is 0 Å². The number of amides is 2. The molecule has 8 nitrogen and oxygen atoms in total. The summed E-state index contributed by atoms with van der Waals surface area (Å²) in [5, 5.41) is 0. The van der Waals surface area contributed by atoms with Crippen LogP contribution in [0.4, 0.5) is 0 Å². The summed E-state index contributed by atoms with van der Waals surface area (Å²) in [6.07, 6.45) is 0. The summed E-state index contributed by atoms with van der Waals surface area (Å²) in [5.74, 6) is -0.293. The van der Waals surface area contributed by atoms with Gasteiger partial charge in [0.25, 0.3) is 0 Å². The van der Waals surface area contributed by atoms with Crippen LogP contribution in [-0.2, 0) is 24.2 Å². The molecule has 0 aromatic rings. The number of ether oxygens (including phenoxy) is 1. The molecule has 0 N–H and O–H groups in total. The number of fused-ring (bicyclic) bond motifs is 1. The van der Waals surface area contributed by atoms with Crippen molar-refractivity contribution in [2.24, 2.45) is 0 Å². The van der Waals surface area contributed by atoms with Crippen LogP contribution in [0.5, 0.6) is 0 Å². The molecule has 0 aliphatic carbocycles. The molecule has 132 valence electrons. The number of rotatable bonds is 5. The maximum absolute atomic E-state index is 12.3. The molecule has 2 aliphatic heterocycles. The molecule has 0 aromatic carbocycles. The van der Waals surface area contributed by atoms with Gasteiger partial charge in [-0.15, -0.1) is 0 Å². The van der Waals surface area contributed by atoms with Crippen LogP contribution < -0.4 is 0 Å². The number of sulfone groups is 1. The monoisotopic (exact) mass is 347 g/mol. The minimum atomic E-state index is -3.21. The topological polar surface area (TPSA) is 87.2 Å². The normalized spacial score (nSPS) is 26.8. The highest BCUT2D eigenvalue weighted by atomic mass is 32.2. The van der Waals surface area contributed by atoms with E-state index in [0.717, 1.165) is 0 Å². The molecule has 2 rings (SSSR count). The van der Waals surface area contributed by atoms with Crippen LogP contribution in [0.25, 0.3) is 0 Å². The standard InChI is InChI=1S/C14H25N3O5S/c1-4-22-8-14(19)17-6-5-16(7-13(18)15(2)3)11-9-23(20,21)10-12(11)17/h11-12H,4-10H2,1-3H3/t11-,12+/m1/s1. The quantitative estimate of drug-likeness (QED) is 0.597. The van der Waals surface area contributed by atoms with Crippen molar-refractivity contribution in [1.82, 2.24) is 14.7 Å². The Morgan fingerprint density at radius 1 is 1.17 bits per heavy atom. The van der Waals surface area contributed by atoms with Crippen molar-refractivity contribution < 1.29 is 22.7 Å². The van der Waals surface area contributed by atoms with E-state index in [1.165, 1.54) is 4.90 Å². The first-order valence-electron chi connectivity index (χ1n) is 7.77. The maximum Gasteiger partial charge on any atom is 0.248 e. The first kappa shape index (κ1) is 18.2. The van der Waals surface area contributed by atoms with Gasteiger partial charge >= 0.3 is 0 Å². The third-order valence-corrected chi connectivity index (χ3v) is 6.08. The fraction of sp³-hybridized carbons (Fsp3) is 0.857. The fourth-order valence-electron chi connectivity index (χ4n) is 3.12. The molecular formula is C14H25N3O5S. The number of carbonyl (C=O) groups is 2. The predicted octanol–water partition coefficient (Wildman–Crippen LogP) is -1.58. The van der Waals surface area contributed by atoms with Gasteiger partial charge in [-0.25, -0.2) is 8.42 Å². The molecule has 0 spiro atoms. The van der Waals surface area contributed by atoms with Crippen molar-refractivity contribution in [2.75, 3.05) is 58.4 Å². The maximum atomic E-state index is 12.3. The molecule has 0 saturated carbocycles. The summed E-state index contributed by atoms with van der Waals surface area (Å²) in [7, 11) is 0.141. The molecule has 0 aromatic heterocycles. The minimum absolute atomic E-state index is 0.00318. The minimum Gasteiger partial charge on any atom is -0.372 e. The van der Waals surface area contributed by atoms with Crippen molar-refractivity contribution in [2.45, 2.75) is 19.0 Å². The van der Waals surface area contributed by atoms with E-state index in [-0.39, 0.29) is 42.5 Å². The van der Waals surface area contributed by atoms with E-state index in [1.54, 1.807) is 25.9 Å². The molecule has 9 heteroatoms. The first-order valence-corrected chi connectivity index (χ1v) is 9.59. The van der Waals surface area contributed by atoms with Gasteiger partial charge in [0.1, 0.15) is 6.61 Å². The van der Waals surface area contributed by atoms with Gasteiger partial charge in [0, 0.05) is 39.8 Å². The summed E-state index contributed by atoms with van der Waals surface area (Å²) >= 11 is 0. The second kappa shape index (κ2) is 7.14. The molecule has 0 unspecified atom stereocenters. The SMILES string of the molecule is CCOCC(=O)N1CCN(CC(=O)N(C)C)[C@@H]2CS(=O)(=O)C[C@@H]21. The Bertz CT molecular complexity index is 563.